The first-order chi connectivity index (χ1) is 9.38. The maximum atomic E-state index is 9.16. The van der Waals surface area contributed by atoms with Crippen molar-refractivity contribution in [3.05, 3.63) is 66.0 Å². The third-order valence-corrected chi connectivity index (χ3v) is 3.13. The molecule has 0 aliphatic carbocycles. The molecule has 0 aliphatic heterocycles. The van der Waals surface area contributed by atoms with Crippen LogP contribution in [0, 0.1) is 0 Å². The summed E-state index contributed by atoms with van der Waals surface area (Å²) in [5, 5.41) is 9.16. The van der Waals surface area contributed by atoms with Crippen molar-refractivity contribution >= 4 is 0 Å². The van der Waals surface area contributed by atoms with Crippen molar-refractivity contribution in [3.63, 3.8) is 0 Å². The number of nitrogens with zero attached hydrogens (tertiary/aromatic N) is 2. The Morgan fingerprint density at radius 2 is 1.63 bits per heavy atom. The van der Waals surface area contributed by atoms with Crippen LogP contribution in [0.4, 0.5) is 0 Å². The molecule has 3 heteroatoms. The Hall–Kier alpha value is -1.71. The van der Waals surface area contributed by atoms with Gasteiger partial charge < -0.3 is 5.11 Å². The molecule has 0 fully saturated rings. The smallest absolute Gasteiger partial charge is 0.0558 e. The van der Waals surface area contributed by atoms with Crippen molar-refractivity contribution in [3.8, 4) is 0 Å². The van der Waals surface area contributed by atoms with Gasteiger partial charge in [-0.2, -0.15) is 0 Å². The molecule has 1 heterocycles. The molecule has 0 spiro atoms. The molecule has 1 aromatic carbocycles. The normalized spacial score (nSPS) is 10.8. The molecule has 2 aromatic rings. The molecule has 0 radical (unpaired) electrons. The lowest BCUT2D eigenvalue weighted by atomic mass is 10.1. The van der Waals surface area contributed by atoms with Gasteiger partial charge in [-0.1, -0.05) is 30.3 Å². The van der Waals surface area contributed by atoms with E-state index in [1.165, 1.54) is 11.1 Å². The lowest BCUT2D eigenvalue weighted by Crippen LogP contribution is -2.28. The van der Waals surface area contributed by atoms with Gasteiger partial charge in [0.2, 0.25) is 0 Å². The molecule has 1 N–H and O–H groups in total. The molecule has 0 amide bonds. The van der Waals surface area contributed by atoms with Gasteiger partial charge in [-0.15, -0.1) is 0 Å². The number of aromatic nitrogens is 1. The van der Waals surface area contributed by atoms with E-state index in [0.29, 0.717) is 6.54 Å². The third kappa shape index (κ3) is 4.81. The van der Waals surface area contributed by atoms with Crippen LogP contribution in [0.3, 0.4) is 0 Å². The monoisotopic (exact) mass is 256 g/mol. The highest BCUT2D eigenvalue weighted by atomic mass is 16.3. The van der Waals surface area contributed by atoms with E-state index in [1.54, 1.807) is 0 Å². The van der Waals surface area contributed by atoms with Crippen LogP contribution in [-0.4, -0.2) is 34.7 Å². The van der Waals surface area contributed by atoms with Gasteiger partial charge in [0.05, 0.1) is 6.61 Å². The fraction of sp³-hybridized carbons (Fsp3) is 0.312. The Bertz CT molecular complexity index is 459. The topological polar surface area (TPSA) is 36.4 Å². The molecular formula is C16H20N2O. The lowest BCUT2D eigenvalue weighted by Gasteiger charge is -2.21. The van der Waals surface area contributed by atoms with E-state index in [0.717, 1.165) is 19.5 Å². The van der Waals surface area contributed by atoms with Gasteiger partial charge in [0.15, 0.2) is 0 Å². The summed E-state index contributed by atoms with van der Waals surface area (Å²) in [5.74, 6) is 0. The molecule has 1 aromatic heterocycles. The first-order valence-corrected chi connectivity index (χ1v) is 6.64. The van der Waals surface area contributed by atoms with E-state index < -0.39 is 0 Å². The summed E-state index contributed by atoms with van der Waals surface area (Å²) in [4.78, 5) is 6.30. The largest absolute Gasteiger partial charge is 0.395 e. The number of hydrogen-bond acceptors (Lipinski definition) is 3. The third-order valence-electron chi connectivity index (χ3n) is 3.13. The molecule has 100 valence electrons. The lowest BCUT2D eigenvalue weighted by molar-refractivity contribution is 0.191. The maximum absolute atomic E-state index is 9.16. The zero-order valence-corrected chi connectivity index (χ0v) is 11.1. The molecule has 0 saturated heterocycles. The molecule has 0 saturated carbocycles. The van der Waals surface area contributed by atoms with E-state index in [-0.39, 0.29) is 6.61 Å². The van der Waals surface area contributed by atoms with Gasteiger partial charge in [-0.3, -0.25) is 9.88 Å². The Morgan fingerprint density at radius 1 is 0.895 bits per heavy atom. The van der Waals surface area contributed by atoms with Gasteiger partial charge in [0.1, 0.15) is 0 Å². The number of aliphatic hydroxyl groups excluding tert-OH is 1. The fourth-order valence-corrected chi connectivity index (χ4v) is 2.09. The second kappa shape index (κ2) is 7.67. The second-order valence-corrected chi connectivity index (χ2v) is 4.59. The Balaban J connectivity index is 1.89. The summed E-state index contributed by atoms with van der Waals surface area (Å²) in [7, 11) is 0. The SMILES string of the molecule is OCCN(CCc1ccncc1)Cc1ccccc1. The first kappa shape index (κ1) is 13.7. The van der Waals surface area contributed by atoms with E-state index >= 15 is 0 Å². The van der Waals surface area contributed by atoms with Gasteiger partial charge >= 0.3 is 0 Å². The zero-order chi connectivity index (χ0) is 13.3. The van der Waals surface area contributed by atoms with Crippen LogP contribution in [0.15, 0.2) is 54.9 Å². The number of benzene rings is 1. The van der Waals surface area contributed by atoms with E-state index in [4.69, 9.17) is 5.11 Å². The van der Waals surface area contributed by atoms with Crippen molar-refractivity contribution in [2.75, 3.05) is 19.7 Å². The van der Waals surface area contributed by atoms with Crippen LogP contribution in [0.5, 0.6) is 0 Å². The fourth-order valence-electron chi connectivity index (χ4n) is 2.09. The number of pyridine rings is 1. The van der Waals surface area contributed by atoms with Crippen molar-refractivity contribution in [1.82, 2.24) is 9.88 Å². The van der Waals surface area contributed by atoms with E-state index in [2.05, 4.69) is 34.1 Å². The predicted octanol–water partition coefficient (Wildman–Crippen LogP) is 2.12. The standard InChI is InChI=1S/C16H20N2O/c19-13-12-18(14-16-4-2-1-3-5-16)11-8-15-6-9-17-10-7-15/h1-7,9-10,19H,8,11-14H2. The maximum Gasteiger partial charge on any atom is 0.0558 e. The molecule has 2 rings (SSSR count). The average Bonchev–Trinajstić information content (AvgIpc) is 2.47. The minimum Gasteiger partial charge on any atom is -0.395 e. The average molecular weight is 256 g/mol. The second-order valence-electron chi connectivity index (χ2n) is 4.59. The highest BCUT2D eigenvalue weighted by Gasteiger charge is 2.05. The van der Waals surface area contributed by atoms with Gasteiger partial charge in [0.25, 0.3) is 0 Å². The first-order valence-electron chi connectivity index (χ1n) is 6.64. The number of rotatable bonds is 7. The van der Waals surface area contributed by atoms with Crippen LogP contribution in [0.1, 0.15) is 11.1 Å². The van der Waals surface area contributed by atoms with Crippen molar-refractivity contribution in [2.24, 2.45) is 0 Å². The minimum atomic E-state index is 0.198. The highest BCUT2D eigenvalue weighted by Crippen LogP contribution is 2.06. The molecular weight excluding hydrogens is 236 g/mol. The molecule has 3 nitrogen and oxygen atoms in total. The summed E-state index contributed by atoms with van der Waals surface area (Å²) in [6, 6.07) is 14.5. The molecule has 19 heavy (non-hydrogen) atoms. The summed E-state index contributed by atoms with van der Waals surface area (Å²) < 4.78 is 0. The van der Waals surface area contributed by atoms with Crippen molar-refractivity contribution in [1.29, 1.82) is 0 Å². The van der Waals surface area contributed by atoms with Crippen LogP contribution < -0.4 is 0 Å². The molecule has 0 aliphatic rings. The molecule has 0 bridgehead atoms. The van der Waals surface area contributed by atoms with Crippen molar-refractivity contribution < 1.29 is 5.11 Å². The highest BCUT2D eigenvalue weighted by molar-refractivity contribution is 5.15. The van der Waals surface area contributed by atoms with Gasteiger partial charge in [0, 0.05) is 32.0 Å². The van der Waals surface area contributed by atoms with Crippen molar-refractivity contribution in [2.45, 2.75) is 13.0 Å². The summed E-state index contributed by atoms with van der Waals surface area (Å²) in [5.41, 5.74) is 2.57. The van der Waals surface area contributed by atoms with E-state index in [9.17, 15) is 0 Å². The molecule has 0 unspecified atom stereocenters. The van der Waals surface area contributed by atoms with Gasteiger partial charge in [-0.05, 0) is 29.7 Å². The minimum absolute atomic E-state index is 0.198. The Morgan fingerprint density at radius 3 is 2.32 bits per heavy atom. The van der Waals surface area contributed by atoms with Crippen LogP contribution in [0.25, 0.3) is 0 Å². The van der Waals surface area contributed by atoms with Gasteiger partial charge in [-0.25, -0.2) is 0 Å². The van der Waals surface area contributed by atoms with E-state index in [1.807, 2.05) is 30.6 Å². The Kier molecular flexibility index (Phi) is 5.53. The summed E-state index contributed by atoms with van der Waals surface area (Å²) in [6.45, 7) is 2.73. The summed E-state index contributed by atoms with van der Waals surface area (Å²) >= 11 is 0. The summed E-state index contributed by atoms with van der Waals surface area (Å²) in [6.07, 6.45) is 4.63. The number of hydrogen-bond donors (Lipinski definition) is 1. The van der Waals surface area contributed by atoms with Crippen LogP contribution >= 0.6 is 0 Å². The molecule has 0 atom stereocenters. The number of aliphatic hydroxyl groups is 1. The van der Waals surface area contributed by atoms with Crippen LogP contribution in [0.2, 0.25) is 0 Å². The Labute approximate surface area is 114 Å². The predicted molar refractivity (Wildman–Crippen MR) is 76.7 cm³/mol. The quantitative estimate of drug-likeness (QED) is 0.824. The zero-order valence-electron chi connectivity index (χ0n) is 11.1. The van der Waals surface area contributed by atoms with Crippen LogP contribution in [-0.2, 0) is 13.0 Å².